The molecule has 0 aromatic rings. The van der Waals surface area contributed by atoms with Crippen molar-refractivity contribution in [3.63, 3.8) is 0 Å². The van der Waals surface area contributed by atoms with Crippen LogP contribution in [0.4, 0.5) is 0 Å². The number of carbonyl (C=O) groups is 2. The van der Waals surface area contributed by atoms with E-state index in [-0.39, 0.29) is 12.8 Å². The lowest BCUT2D eigenvalue weighted by Crippen LogP contribution is -2.29. The number of phosphoric acid groups is 2. The Bertz CT molecular complexity index is 1560. The minimum atomic E-state index is -4.90. The van der Waals surface area contributed by atoms with E-state index in [0.717, 1.165) is 31.6 Å². The van der Waals surface area contributed by atoms with E-state index in [1.165, 1.54) is 103 Å². The zero-order valence-corrected chi connectivity index (χ0v) is 44.8. The molecule has 0 heterocycles. The second-order valence-corrected chi connectivity index (χ2v) is 20.8. The van der Waals surface area contributed by atoms with Crippen LogP contribution in [0.15, 0.2) is 72.9 Å². The van der Waals surface area contributed by atoms with Gasteiger partial charge in [0.25, 0.3) is 0 Å². The smallest absolute Gasteiger partial charge is 0.462 e. The molecule has 0 aliphatic rings. The number of aliphatic hydroxyl groups excluding tert-OH is 3. The Morgan fingerprint density at radius 1 is 0.543 bits per heavy atom. The summed E-state index contributed by atoms with van der Waals surface area (Å²) in [5.41, 5.74) is 0. The van der Waals surface area contributed by atoms with E-state index in [1.54, 1.807) is 36.5 Å². The lowest BCUT2D eigenvalue weighted by atomic mass is 9.99. The van der Waals surface area contributed by atoms with Crippen LogP contribution < -0.4 is 0 Å². The van der Waals surface area contributed by atoms with Crippen molar-refractivity contribution >= 4 is 27.6 Å². The highest BCUT2D eigenvalue weighted by Crippen LogP contribution is 2.44. The van der Waals surface area contributed by atoms with Crippen molar-refractivity contribution in [3.05, 3.63) is 72.9 Å². The topological polar surface area (TPSA) is 236 Å². The third-order valence-electron chi connectivity index (χ3n) is 11.3. The monoisotopic (exact) mass is 1030 g/mol. The molecule has 0 spiro atoms. The molecule has 0 aliphatic heterocycles. The molecule has 15 nitrogen and oxygen atoms in total. The van der Waals surface area contributed by atoms with Gasteiger partial charge in [0.05, 0.1) is 32.0 Å². The second-order valence-electron chi connectivity index (χ2n) is 18.1. The van der Waals surface area contributed by atoms with Gasteiger partial charge in [-0.05, 0) is 44.4 Å². The molecule has 17 heteroatoms. The number of carbonyl (C=O) groups excluding carboxylic acids is 2. The van der Waals surface area contributed by atoms with E-state index in [0.29, 0.717) is 32.1 Å². The van der Waals surface area contributed by atoms with Gasteiger partial charge in [-0.25, -0.2) is 9.13 Å². The van der Waals surface area contributed by atoms with Crippen molar-refractivity contribution in [1.29, 1.82) is 0 Å². The molecular formula is C53H94O15P2. The van der Waals surface area contributed by atoms with Crippen LogP contribution in [0.1, 0.15) is 194 Å². The van der Waals surface area contributed by atoms with Crippen molar-refractivity contribution in [2.75, 3.05) is 26.4 Å². The number of phosphoric ester groups is 2. The van der Waals surface area contributed by atoms with Gasteiger partial charge in [0, 0.05) is 12.8 Å². The Labute approximate surface area is 421 Å². The Kier molecular flexibility index (Phi) is 44.6. The first-order chi connectivity index (χ1) is 33.6. The van der Waals surface area contributed by atoms with E-state index >= 15 is 0 Å². The van der Waals surface area contributed by atoms with Crippen molar-refractivity contribution in [2.45, 2.75) is 219 Å². The van der Waals surface area contributed by atoms with Crippen molar-refractivity contribution in [1.82, 2.24) is 0 Å². The number of ether oxygens (including phenoxy) is 2. The van der Waals surface area contributed by atoms with Gasteiger partial charge in [-0.2, -0.15) is 0 Å². The number of allylic oxidation sites excluding steroid dienone is 8. The van der Waals surface area contributed by atoms with E-state index in [2.05, 4.69) is 22.9 Å². The van der Waals surface area contributed by atoms with Crippen LogP contribution in [-0.4, -0.2) is 92.8 Å². The highest BCUT2D eigenvalue weighted by Gasteiger charge is 2.28. The van der Waals surface area contributed by atoms with E-state index in [1.807, 2.05) is 43.4 Å². The highest BCUT2D eigenvalue weighted by molar-refractivity contribution is 7.47. The summed E-state index contributed by atoms with van der Waals surface area (Å²) < 4.78 is 47.8. The van der Waals surface area contributed by atoms with E-state index in [4.69, 9.17) is 23.8 Å². The van der Waals surface area contributed by atoms with Crippen molar-refractivity contribution < 1.29 is 71.8 Å². The molecule has 0 amide bonds. The Morgan fingerprint density at radius 2 is 1.06 bits per heavy atom. The van der Waals surface area contributed by atoms with Crippen molar-refractivity contribution in [3.8, 4) is 0 Å². The summed E-state index contributed by atoms with van der Waals surface area (Å²) in [6, 6.07) is 0. The number of hydrogen-bond donors (Lipinski definition) is 6. The van der Waals surface area contributed by atoms with Crippen LogP contribution in [-0.2, 0) is 41.8 Å². The number of unbranched alkanes of at least 4 members (excludes halogenated alkanes) is 18. The van der Waals surface area contributed by atoms with Crippen molar-refractivity contribution in [2.24, 2.45) is 5.92 Å². The molecule has 0 rings (SSSR count). The lowest BCUT2D eigenvalue weighted by molar-refractivity contribution is -0.161. The fraction of sp³-hybridized carbons (Fsp3) is 0.736. The highest BCUT2D eigenvalue weighted by atomic mass is 31.2. The van der Waals surface area contributed by atoms with Gasteiger partial charge >= 0.3 is 27.6 Å². The summed E-state index contributed by atoms with van der Waals surface area (Å²) in [6.45, 7) is 3.76. The lowest BCUT2D eigenvalue weighted by Gasteiger charge is -2.20. The first-order valence-corrected chi connectivity index (χ1v) is 29.3. The van der Waals surface area contributed by atoms with E-state index < -0.39 is 78.4 Å². The SMILES string of the molecule is CC/C=C\C[C@H](O)/C=C/C=C\C/C=C\C=C\[C@H](O)/C=C\CCCC(=O)O[C@H](COC(=O)CCCCCCCCCCCCCCCCCCCCC(C)CC)COP(=O)(O)OC[C@@H](O)COP(=O)(O)O. The zero-order valence-electron chi connectivity index (χ0n) is 43.0. The Morgan fingerprint density at radius 3 is 1.61 bits per heavy atom. The largest absolute Gasteiger partial charge is 0.472 e. The second kappa shape index (κ2) is 46.3. The first kappa shape index (κ1) is 67.5. The van der Waals surface area contributed by atoms with Crippen LogP contribution in [0, 0.1) is 5.92 Å². The fourth-order valence-corrected chi connectivity index (χ4v) is 8.10. The number of rotatable bonds is 48. The van der Waals surface area contributed by atoms with Gasteiger partial charge in [-0.3, -0.25) is 23.2 Å². The van der Waals surface area contributed by atoms with Gasteiger partial charge in [-0.1, -0.05) is 216 Å². The summed E-state index contributed by atoms with van der Waals surface area (Å²) in [7, 11) is -9.77. The molecule has 0 aromatic carbocycles. The quantitative estimate of drug-likeness (QED) is 0.0109. The Hall–Kier alpha value is -2.52. The standard InChI is InChI=1S/C53H94O15P2/c1-4-6-29-37-48(54)38-31-25-21-19-22-26-32-39-49(55)40-33-28-35-42-53(58)68-51(46-67-70(62,63)66-44-50(56)43-65-69(59,60)61)45-64-52(57)41-34-27-23-18-16-14-12-10-8-7-9-11-13-15-17-20-24-30-36-47(3)5-2/h6,21-22,25-26,29,31-33,38-40,47-51,54-56H,4-5,7-20,23-24,27-28,30,34-37,41-46H2,1-3H3,(H,62,63)(H2,59,60,61)/b25-21-,26-22-,29-6-,38-31+,39-32+,40-33-/t47?,48-,49-,50-,51+/m0/s1. The molecule has 0 aromatic heterocycles. The molecule has 6 atom stereocenters. The minimum Gasteiger partial charge on any atom is -0.462 e. The van der Waals surface area contributed by atoms with Gasteiger partial charge in [-0.15, -0.1) is 0 Å². The predicted octanol–water partition coefficient (Wildman–Crippen LogP) is 12.3. The van der Waals surface area contributed by atoms with Crippen LogP contribution in [0.2, 0.25) is 0 Å². The summed E-state index contributed by atoms with van der Waals surface area (Å²) in [4.78, 5) is 53.0. The van der Waals surface area contributed by atoms with Gasteiger partial charge in [0.2, 0.25) is 0 Å². The first-order valence-electron chi connectivity index (χ1n) is 26.3. The molecular weight excluding hydrogens is 939 g/mol. The van der Waals surface area contributed by atoms with Crippen LogP contribution in [0.25, 0.3) is 0 Å². The van der Waals surface area contributed by atoms with Gasteiger partial charge in [0.1, 0.15) is 12.7 Å². The molecule has 0 fully saturated rings. The molecule has 0 saturated carbocycles. The molecule has 2 unspecified atom stereocenters. The van der Waals surface area contributed by atoms with Gasteiger partial charge in [0.15, 0.2) is 6.10 Å². The number of esters is 2. The average Bonchev–Trinajstić information content (AvgIpc) is 3.31. The molecule has 0 bridgehead atoms. The summed E-state index contributed by atoms with van der Waals surface area (Å²) in [6.07, 6.45) is 45.3. The van der Waals surface area contributed by atoms with E-state index in [9.17, 15) is 38.9 Å². The minimum absolute atomic E-state index is 0.0564. The number of hydrogen-bond acceptors (Lipinski definition) is 12. The third kappa shape index (κ3) is 49.1. The summed E-state index contributed by atoms with van der Waals surface area (Å²) >= 11 is 0. The third-order valence-corrected chi connectivity index (χ3v) is 12.8. The maximum atomic E-state index is 12.7. The Balaban J connectivity index is 4.59. The zero-order chi connectivity index (χ0) is 52.0. The molecule has 0 radical (unpaired) electrons. The average molecular weight is 1030 g/mol. The normalized spacial score (nSPS) is 15.7. The maximum Gasteiger partial charge on any atom is 0.472 e. The molecule has 6 N–H and O–H groups in total. The van der Waals surface area contributed by atoms with Crippen LogP contribution >= 0.6 is 15.6 Å². The van der Waals surface area contributed by atoms with Gasteiger partial charge < -0.3 is 39.5 Å². The maximum absolute atomic E-state index is 12.7. The summed E-state index contributed by atoms with van der Waals surface area (Å²) in [5.74, 6) is -0.336. The van der Waals surface area contributed by atoms with Crippen LogP contribution in [0.5, 0.6) is 0 Å². The van der Waals surface area contributed by atoms with Crippen LogP contribution in [0.3, 0.4) is 0 Å². The molecule has 70 heavy (non-hydrogen) atoms. The number of aliphatic hydroxyl groups is 3. The molecule has 0 aliphatic carbocycles. The predicted molar refractivity (Wildman–Crippen MR) is 279 cm³/mol. The molecule has 0 saturated heterocycles. The summed E-state index contributed by atoms with van der Waals surface area (Å²) in [5, 5.41) is 29.9. The fourth-order valence-electron chi connectivity index (χ4n) is 6.95. The molecule has 406 valence electrons.